The number of rotatable bonds is 2. The van der Waals surface area contributed by atoms with E-state index < -0.39 is 0 Å². The molecule has 5 nitrogen and oxygen atoms in total. The summed E-state index contributed by atoms with van der Waals surface area (Å²) in [7, 11) is 0. The number of carbonyl (C=O) groups excluding carboxylic acids is 2. The summed E-state index contributed by atoms with van der Waals surface area (Å²) in [5, 5.41) is 9.25. The van der Waals surface area contributed by atoms with E-state index in [1.165, 1.54) is 25.7 Å². The number of Topliss-reactive ketones (excluding diaryl/α,β-unsaturated/α-hetero) is 1. The SMILES string of the molecule is CC12CCC3C(CCC4CC5(CCC43C)CN(CCO)C(=O)O5)C1CCCC2=O. The maximum atomic E-state index is 12.8. The second kappa shape index (κ2) is 6.70. The van der Waals surface area contributed by atoms with E-state index >= 15 is 0 Å². The minimum atomic E-state index is -0.340. The van der Waals surface area contributed by atoms with Gasteiger partial charge in [-0.1, -0.05) is 13.8 Å². The van der Waals surface area contributed by atoms with Crippen LogP contribution in [0.15, 0.2) is 0 Å². The molecule has 1 spiro atoms. The molecule has 1 amide bonds. The second-order valence-corrected chi connectivity index (χ2v) is 11.3. The largest absolute Gasteiger partial charge is 0.441 e. The number of β-amino-alcohol motifs (C(OH)–C–C–N with tert-alkyl or cyclic N) is 1. The van der Waals surface area contributed by atoms with Crippen LogP contribution in [0.5, 0.6) is 0 Å². The lowest BCUT2D eigenvalue weighted by Crippen LogP contribution is -2.58. The summed E-state index contributed by atoms with van der Waals surface area (Å²) in [6.45, 7) is 5.79. The molecule has 4 saturated carbocycles. The third-order valence-electron chi connectivity index (χ3n) is 10.2. The number of carbonyl (C=O) groups is 2. The van der Waals surface area contributed by atoms with Gasteiger partial charge in [-0.25, -0.2) is 4.79 Å². The van der Waals surface area contributed by atoms with Crippen LogP contribution in [0.1, 0.15) is 78.1 Å². The van der Waals surface area contributed by atoms with Crippen LogP contribution in [-0.4, -0.2) is 47.2 Å². The number of fused-ring (bicyclic) bond motifs is 5. The lowest BCUT2D eigenvalue weighted by Gasteiger charge is -2.62. The van der Waals surface area contributed by atoms with Crippen molar-refractivity contribution in [3.8, 4) is 0 Å². The van der Waals surface area contributed by atoms with Gasteiger partial charge in [-0.3, -0.25) is 4.79 Å². The maximum absolute atomic E-state index is 12.8. The third-order valence-corrected chi connectivity index (χ3v) is 10.2. The molecule has 1 saturated heterocycles. The molecule has 29 heavy (non-hydrogen) atoms. The first kappa shape index (κ1) is 19.8. The summed E-state index contributed by atoms with van der Waals surface area (Å²) in [5.41, 5.74) is -0.0929. The summed E-state index contributed by atoms with van der Waals surface area (Å²) in [6.07, 6.45) is 10.6. The van der Waals surface area contributed by atoms with Crippen LogP contribution in [0.25, 0.3) is 0 Å². The predicted molar refractivity (Wildman–Crippen MR) is 109 cm³/mol. The Morgan fingerprint density at radius 3 is 2.69 bits per heavy atom. The Balaban J connectivity index is 1.36. The third kappa shape index (κ3) is 2.82. The highest BCUT2D eigenvalue weighted by molar-refractivity contribution is 5.85. The van der Waals surface area contributed by atoms with Gasteiger partial charge in [0.1, 0.15) is 11.4 Å². The van der Waals surface area contributed by atoms with Gasteiger partial charge in [0, 0.05) is 18.4 Å². The second-order valence-electron chi connectivity index (χ2n) is 11.3. The molecule has 0 aromatic carbocycles. The van der Waals surface area contributed by atoms with Crippen LogP contribution < -0.4 is 0 Å². The highest BCUT2D eigenvalue weighted by Gasteiger charge is 2.62. The lowest BCUT2D eigenvalue weighted by molar-refractivity contribution is -0.163. The smallest absolute Gasteiger partial charge is 0.410 e. The number of hydrogen-bond donors (Lipinski definition) is 1. The van der Waals surface area contributed by atoms with Gasteiger partial charge in [0.15, 0.2) is 0 Å². The zero-order chi connectivity index (χ0) is 20.4. The number of hydrogen-bond acceptors (Lipinski definition) is 4. The average molecular weight is 404 g/mol. The maximum Gasteiger partial charge on any atom is 0.410 e. The van der Waals surface area contributed by atoms with E-state index in [-0.39, 0.29) is 23.7 Å². The van der Waals surface area contributed by atoms with Crippen LogP contribution in [0.4, 0.5) is 4.79 Å². The van der Waals surface area contributed by atoms with E-state index in [9.17, 15) is 14.7 Å². The minimum Gasteiger partial charge on any atom is -0.441 e. The van der Waals surface area contributed by atoms with E-state index in [2.05, 4.69) is 13.8 Å². The monoisotopic (exact) mass is 403 g/mol. The van der Waals surface area contributed by atoms with Crippen LogP contribution in [0.3, 0.4) is 0 Å². The van der Waals surface area contributed by atoms with Gasteiger partial charge in [-0.05, 0) is 86.9 Å². The molecule has 0 aromatic heterocycles. The van der Waals surface area contributed by atoms with Gasteiger partial charge in [-0.15, -0.1) is 0 Å². The summed E-state index contributed by atoms with van der Waals surface area (Å²) < 4.78 is 5.93. The van der Waals surface area contributed by atoms with Crippen molar-refractivity contribution in [3.05, 3.63) is 0 Å². The van der Waals surface area contributed by atoms with E-state index in [4.69, 9.17) is 4.74 Å². The molecule has 7 atom stereocenters. The summed E-state index contributed by atoms with van der Waals surface area (Å²) in [6, 6.07) is 0. The Kier molecular flexibility index (Phi) is 4.58. The molecule has 5 heteroatoms. The van der Waals surface area contributed by atoms with Gasteiger partial charge >= 0.3 is 6.09 Å². The molecule has 1 aliphatic heterocycles. The molecular weight excluding hydrogens is 366 g/mol. The zero-order valence-electron chi connectivity index (χ0n) is 18.1. The molecule has 5 aliphatic rings. The molecule has 5 rings (SSSR count). The molecule has 162 valence electrons. The number of aliphatic hydroxyl groups is 1. The van der Waals surface area contributed by atoms with Crippen molar-refractivity contribution in [2.24, 2.45) is 34.5 Å². The van der Waals surface area contributed by atoms with Crippen molar-refractivity contribution in [1.29, 1.82) is 0 Å². The highest BCUT2D eigenvalue weighted by atomic mass is 16.6. The standard InChI is InChI=1S/C24H37NO4/c1-22-10-11-24(15-25(12-13-26)21(28)29-24)14-16(22)6-7-17-18-4-3-5-20(27)23(18,2)9-8-19(17)22/h16-19,26H,3-15H2,1-2H3. The van der Waals surface area contributed by atoms with Crippen molar-refractivity contribution in [3.63, 3.8) is 0 Å². The van der Waals surface area contributed by atoms with Crippen molar-refractivity contribution in [2.75, 3.05) is 19.7 Å². The minimum absolute atomic E-state index is 0.00501. The van der Waals surface area contributed by atoms with E-state index in [1.54, 1.807) is 4.90 Å². The molecule has 0 bridgehead atoms. The molecule has 5 fully saturated rings. The van der Waals surface area contributed by atoms with Gasteiger partial charge in [0.05, 0.1) is 13.2 Å². The first-order chi connectivity index (χ1) is 13.8. The quantitative estimate of drug-likeness (QED) is 0.751. The fourth-order valence-electron chi connectivity index (χ4n) is 8.50. The van der Waals surface area contributed by atoms with Crippen molar-refractivity contribution >= 4 is 11.9 Å². The summed E-state index contributed by atoms with van der Waals surface area (Å²) in [4.78, 5) is 26.8. The van der Waals surface area contributed by atoms with Crippen LogP contribution in [-0.2, 0) is 9.53 Å². The van der Waals surface area contributed by atoms with Gasteiger partial charge < -0.3 is 14.7 Å². The van der Waals surface area contributed by atoms with E-state index in [1.807, 2.05) is 0 Å². The van der Waals surface area contributed by atoms with Gasteiger partial charge in [-0.2, -0.15) is 0 Å². The molecule has 0 aromatic rings. The number of ether oxygens (including phenoxy) is 1. The molecule has 0 radical (unpaired) electrons. The summed E-state index contributed by atoms with van der Waals surface area (Å²) >= 11 is 0. The fraction of sp³-hybridized carbons (Fsp3) is 0.917. The molecule has 1 N–H and O–H groups in total. The molecule has 1 heterocycles. The fourth-order valence-corrected chi connectivity index (χ4v) is 8.50. The first-order valence-electron chi connectivity index (χ1n) is 11.9. The summed E-state index contributed by atoms with van der Waals surface area (Å²) in [5.74, 6) is 3.13. The average Bonchev–Trinajstić information content (AvgIpc) is 2.99. The van der Waals surface area contributed by atoms with Crippen molar-refractivity contribution in [1.82, 2.24) is 4.90 Å². The van der Waals surface area contributed by atoms with Crippen molar-refractivity contribution in [2.45, 2.75) is 83.7 Å². The molecule has 4 aliphatic carbocycles. The van der Waals surface area contributed by atoms with Crippen LogP contribution in [0, 0.1) is 34.5 Å². The van der Waals surface area contributed by atoms with Crippen LogP contribution >= 0.6 is 0 Å². The van der Waals surface area contributed by atoms with Gasteiger partial charge in [0.25, 0.3) is 0 Å². The Labute approximate surface area is 174 Å². The number of amides is 1. The van der Waals surface area contributed by atoms with E-state index in [0.717, 1.165) is 38.5 Å². The van der Waals surface area contributed by atoms with E-state index in [0.29, 0.717) is 48.0 Å². The first-order valence-corrected chi connectivity index (χ1v) is 11.9. The Bertz CT molecular complexity index is 709. The lowest BCUT2D eigenvalue weighted by atomic mass is 9.42. The Morgan fingerprint density at radius 2 is 1.90 bits per heavy atom. The number of ketones is 1. The molecular formula is C24H37NO4. The number of nitrogens with zero attached hydrogens (tertiary/aromatic N) is 1. The Hall–Kier alpha value is -1.10. The van der Waals surface area contributed by atoms with Crippen molar-refractivity contribution < 1.29 is 19.4 Å². The topological polar surface area (TPSA) is 66.8 Å². The normalized spacial score (nSPS) is 49.4. The van der Waals surface area contributed by atoms with Crippen LogP contribution in [0.2, 0.25) is 0 Å². The van der Waals surface area contributed by atoms with Gasteiger partial charge in [0.2, 0.25) is 0 Å². The Morgan fingerprint density at radius 1 is 1.07 bits per heavy atom. The number of aliphatic hydroxyl groups excluding tert-OH is 1. The molecule has 7 unspecified atom stereocenters. The zero-order valence-corrected chi connectivity index (χ0v) is 18.1. The highest BCUT2D eigenvalue weighted by Crippen LogP contribution is 2.66. The predicted octanol–water partition coefficient (Wildman–Crippen LogP) is 4.17.